The van der Waals surface area contributed by atoms with Gasteiger partial charge in [-0.05, 0) is 12.8 Å². The van der Waals surface area contributed by atoms with Crippen molar-refractivity contribution in [3.05, 3.63) is 0 Å². The molecule has 0 rings (SSSR count). The summed E-state index contributed by atoms with van der Waals surface area (Å²) < 4.78 is 35.4. The molecule has 0 saturated carbocycles. The minimum atomic E-state index is -4.07. The Morgan fingerprint density at radius 3 is 2.18 bits per heavy atom. The number of aliphatic hydroxyl groups excluding tert-OH is 1. The Bertz CT molecular complexity index is 100. The van der Waals surface area contributed by atoms with Gasteiger partial charge in [-0.2, -0.15) is 13.2 Å². The van der Waals surface area contributed by atoms with Gasteiger partial charge in [0.2, 0.25) is 0 Å². The van der Waals surface area contributed by atoms with Crippen molar-refractivity contribution < 1.29 is 18.3 Å². The van der Waals surface area contributed by atoms with Crippen LogP contribution in [0, 0.1) is 5.92 Å². The van der Waals surface area contributed by atoms with Crippen molar-refractivity contribution in [3.63, 3.8) is 0 Å². The largest absolute Gasteiger partial charge is 0.396 e. The maximum Gasteiger partial charge on any atom is 0.391 e. The van der Waals surface area contributed by atoms with E-state index in [0.717, 1.165) is 6.92 Å². The first-order chi connectivity index (χ1) is 4.98. The minimum absolute atomic E-state index is 0.0232. The maximum absolute atomic E-state index is 11.8. The molecule has 0 heterocycles. The number of aliphatic hydroxyl groups is 1. The minimum Gasteiger partial charge on any atom is -0.396 e. The summed E-state index contributed by atoms with van der Waals surface area (Å²) in [6.45, 7) is 1.14. The molecule has 0 saturated heterocycles. The Morgan fingerprint density at radius 1 is 1.27 bits per heavy atom. The Balaban J connectivity index is 3.44. The molecule has 1 atom stereocenters. The molecule has 1 nitrogen and oxygen atoms in total. The highest BCUT2D eigenvalue weighted by molar-refractivity contribution is 4.61. The molecule has 11 heavy (non-hydrogen) atoms. The highest BCUT2D eigenvalue weighted by atomic mass is 19.4. The van der Waals surface area contributed by atoms with E-state index in [2.05, 4.69) is 0 Å². The summed E-state index contributed by atoms with van der Waals surface area (Å²) in [5.74, 6) is -1.24. The lowest BCUT2D eigenvalue weighted by atomic mass is 10.0. The van der Waals surface area contributed by atoms with Crippen LogP contribution in [0.5, 0.6) is 0 Å². The lowest BCUT2D eigenvalue weighted by Crippen LogP contribution is -2.19. The van der Waals surface area contributed by atoms with Gasteiger partial charge in [0.15, 0.2) is 0 Å². The average Bonchev–Trinajstić information content (AvgIpc) is 1.86. The van der Waals surface area contributed by atoms with Gasteiger partial charge in [0.25, 0.3) is 0 Å². The van der Waals surface area contributed by atoms with Crippen LogP contribution in [0.4, 0.5) is 13.2 Å². The zero-order chi connectivity index (χ0) is 8.91. The van der Waals surface area contributed by atoms with Crippen LogP contribution in [0.3, 0.4) is 0 Å². The summed E-state index contributed by atoms with van der Waals surface area (Å²) in [7, 11) is 0. The first kappa shape index (κ1) is 10.8. The summed E-state index contributed by atoms with van der Waals surface area (Å²) in [5.41, 5.74) is 0. The van der Waals surface area contributed by atoms with Gasteiger partial charge in [-0.25, -0.2) is 0 Å². The van der Waals surface area contributed by atoms with Crippen molar-refractivity contribution in [3.8, 4) is 0 Å². The maximum atomic E-state index is 11.8. The standard InChI is InChI=1S/C7H13F3O/c1-6(7(8,9)10)4-2-3-5-11/h6,11H,2-5H2,1H3. The van der Waals surface area contributed by atoms with E-state index < -0.39 is 12.1 Å². The molecule has 4 heteroatoms. The normalized spacial score (nSPS) is 15.0. The summed E-state index contributed by atoms with van der Waals surface area (Å²) in [5, 5.41) is 8.30. The van der Waals surface area contributed by atoms with E-state index in [1.807, 2.05) is 0 Å². The van der Waals surface area contributed by atoms with E-state index in [-0.39, 0.29) is 13.0 Å². The van der Waals surface area contributed by atoms with Crippen LogP contribution >= 0.6 is 0 Å². The second kappa shape index (κ2) is 4.59. The zero-order valence-corrected chi connectivity index (χ0v) is 6.49. The highest BCUT2D eigenvalue weighted by Crippen LogP contribution is 2.29. The van der Waals surface area contributed by atoms with Gasteiger partial charge in [0.05, 0.1) is 5.92 Å². The Labute approximate surface area is 64.2 Å². The molecular formula is C7H13F3O. The molecule has 0 bridgehead atoms. The van der Waals surface area contributed by atoms with Crippen molar-refractivity contribution in [2.45, 2.75) is 32.4 Å². The Hall–Kier alpha value is -0.250. The van der Waals surface area contributed by atoms with Crippen molar-refractivity contribution in [1.82, 2.24) is 0 Å². The Morgan fingerprint density at radius 2 is 1.82 bits per heavy atom. The van der Waals surface area contributed by atoms with Crippen molar-refractivity contribution in [1.29, 1.82) is 0 Å². The topological polar surface area (TPSA) is 20.2 Å². The second-order valence-corrected chi connectivity index (χ2v) is 2.66. The Kier molecular flexibility index (Phi) is 4.49. The van der Waals surface area contributed by atoms with Crippen LogP contribution in [0.25, 0.3) is 0 Å². The number of halogens is 3. The van der Waals surface area contributed by atoms with E-state index in [0.29, 0.717) is 12.8 Å². The van der Waals surface area contributed by atoms with Gasteiger partial charge < -0.3 is 5.11 Å². The molecular weight excluding hydrogens is 157 g/mol. The first-order valence-electron chi connectivity index (χ1n) is 3.66. The fraction of sp³-hybridized carbons (Fsp3) is 1.00. The molecule has 1 unspecified atom stereocenters. The number of rotatable bonds is 4. The fourth-order valence-electron chi connectivity index (χ4n) is 0.726. The third-order valence-corrected chi connectivity index (χ3v) is 1.60. The van der Waals surface area contributed by atoms with Crippen LogP contribution in [-0.4, -0.2) is 17.9 Å². The van der Waals surface area contributed by atoms with E-state index in [9.17, 15) is 13.2 Å². The summed E-state index contributed by atoms with van der Waals surface area (Å²) in [6, 6.07) is 0. The van der Waals surface area contributed by atoms with Crippen LogP contribution in [0.15, 0.2) is 0 Å². The van der Waals surface area contributed by atoms with Gasteiger partial charge in [-0.15, -0.1) is 0 Å². The molecule has 0 aromatic heterocycles. The SMILES string of the molecule is CC(CCCCO)C(F)(F)F. The molecule has 0 aromatic rings. The lowest BCUT2D eigenvalue weighted by Gasteiger charge is -2.14. The lowest BCUT2D eigenvalue weighted by molar-refractivity contribution is -0.171. The third-order valence-electron chi connectivity index (χ3n) is 1.60. The molecule has 1 N–H and O–H groups in total. The molecule has 68 valence electrons. The zero-order valence-electron chi connectivity index (χ0n) is 6.49. The molecule has 0 aliphatic heterocycles. The van der Waals surface area contributed by atoms with Crippen molar-refractivity contribution >= 4 is 0 Å². The fourth-order valence-corrected chi connectivity index (χ4v) is 0.726. The van der Waals surface area contributed by atoms with Crippen LogP contribution < -0.4 is 0 Å². The second-order valence-electron chi connectivity index (χ2n) is 2.66. The molecule has 0 amide bonds. The predicted molar refractivity (Wildman–Crippen MR) is 36.2 cm³/mol. The van der Waals surface area contributed by atoms with Gasteiger partial charge in [-0.3, -0.25) is 0 Å². The summed E-state index contributed by atoms with van der Waals surface area (Å²) in [6.07, 6.45) is -3.06. The number of unbranched alkanes of at least 4 members (excludes halogenated alkanes) is 1. The van der Waals surface area contributed by atoms with E-state index in [4.69, 9.17) is 5.11 Å². The molecule has 0 aliphatic carbocycles. The van der Waals surface area contributed by atoms with E-state index in [1.165, 1.54) is 0 Å². The van der Waals surface area contributed by atoms with Crippen LogP contribution in [-0.2, 0) is 0 Å². The van der Waals surface area contributed by atoms with Crippen LogP contribution in [0.1, 0.15) is 26.2 Å². The smallest absolute Gasteiger partial charge is 0.391 e. The number of hydrogen-bond donors (Lipinski definition) is 1. The average molecular weight is 170 g/mol. The molecule has 0 radical (unpaired) electrons. The van der Waals surface area contributed by atoms with E-state index >= 15 is 0 Å². The predicted octanol–water partition coefficient (Wildman–Crippen LogP) is 2.35. The highest BCUT2D eigenvalue weighted by Gasteiger charge is 2.34. The van der Waals surface area contributed by atoms with Crippen molar-refractivity contribution in [2.75, 3.05) is 6.61 Å². The van der Waals surface area contributed by atoms with Gasteiger partial charge in [0, 0.05) is 6.61 Å². The van der Waals surface area contributed by atoms with Crippen molar-refractivity contribution in [2.24, 2.45) is 5.92 Å². The van der Waals surface area contributed by atoms with E-state index in [1.54, 1.807) is 0 Å². The third kappa shape index (κ3) is 5.07. The van der Waals surface area contributed by atoms with Gasteiger partial charge in [-0.1, -0.05) is 13.3 Å². The molecule has 0 fully saturated rings. The monoisotopic (exact) mass is 170 g/mol. The van der Waals surface area contributed by atoms with Crippen LogP contribution in [0.2, 0.25) is 0 Å². The summed E-state index contributed by atoms with van der Waals surface area (Å²) in [4.78, 5) is 0. The molecule has 0 aromatic carbocycles. The number of hydrogen-bond acceptors (Lipinski definition) is 1. The summed E-state index contributed by atoms with van der Waals surface area (Å²) >= 11 is 0. The van der Waals surface area contributed by atoms with Gasteiger partial charge in [0.1, 0.15) is 0 Å². The number of alkyl halides is 3. The molecule has 0 spiro atoms. The quantitative estimate of drug-likeness (QED) is 0.642. The first-order valence-corrected chi connectivity index (χ1v) is 3.66. The van der Waals surface area contributed by atoms with Gasteiger partial charge >= 0.3 is 6.18 Å². The molecule has 0 aliphatic rings.